The van der Waals surface area contributed by atoms with Crippen molar-refractivity contribution in [3.8, 4) is 51.8 Å². The Morgan fingerprint density at radius 2 is 1.07 bits per heavy atom. The van der Waals surface area contributed by atoms with E-state index in [1.54, 1.807) is 0 Å². The number of fused-ring (bicyclic) bond motifs is 3. The van der Waals surface area contributed by atoms with E-state index in [0.717, 1.165) is 33.8 Å². The first-order chi connectivity index (χ1) is 20.0. The van der Waals surface area contributed by atoms with Crippen molar-refractivity contribution in [2.24, 2.45) is 0 Å². The number of benzene rings is 3. The van der Waals surface area contributed by atoms with Crippen LogP contribution in [0.2, 0.25) is 0 Å². The van der Waals surface area contributed by atoms with Crippen LogP contribution in [0, 0.1) is 11.8 Å². The molecule has 0 saturated carbocycles. The molecule has 0 fully saturated rings. The fourth-order valence-electron chi connectivity index (χ4n) is 6.44. The summed E-state index contributed by atoms with van der Waals surface area (Å²) in [6, 6.07) is 6.11. The smallest absolute Gasteiger partial charge is 0.164 e. The van der Waals surface area contributed by atoms with Crippen LogP contribution in [0.5, 0.6) is 5.75 Å². The van der Waals surface area contributed by atoms with Crippen LogP contribution in [0.1, 0.15) is 11.5 Å². The summed E-state index contributed by atoms with van der Waals surface area (Å²) in [6.45, 7) is 0. The van der Waals surface area contributed by atoms with Gasteiger partial charge in [-0.2, -0.15) is 0 Å². The van der Waals surface area contributed by atoms with Crippen molar-refractivity contribution in [1.82, 2.24) is 15.0 Å². The van der Waals surface area contributed by atoms with Gasteiger partial charge in [0.2, 0.25) is 0 Å². The quantitative estimate of drug-likeness (QED) is 0.196. The topological polar surface area (TPSA) is 47.9 Å². The first-order valence-electron chi connectivity index (χ1n) is 14.6. The lowest BCUT2D eigenvalue weighted by molar-refractivity contribution is 0.440. The second kappa shape index (κ2) is 10.5. The van der Waals surface area contributed by atoms with Gasteiger partial charge in [-0.15, -0.1) is 32.8 Å². The van der Waals surface area contributed by atoms with Crippen LogP contribution in [-0.2, 0) is 0 Å². The summed E-state index contributed by atoms with van der Waals surface area (Å²) < 4.78 is 6.28. The van der Waals surface area contributed by atoms with Gasteiger partial charge < -0.3 is 4.74 Å². The van der Waals surface area contributed by atoms with Gasteiger partial charge in [-0.05, 0) is 18.2 Å². The first kappa shape index (κ1) is 28.3. The maximum absolute atomic E-state index is 6.28. The second-order valence-electron chi connectivity index (χ2n) is 11.8. The molecular weight excluding hydrogens is 502 g/mol. The van der Waals surface area contributed by atoms with Gasteiger partial charge in [0.05, 0.1) is 0 Å². The molecule has 3 aromatic carbocycles. The minimum atomic E-state index is -0.172. The Kier molecular flexibility index (Phi) is 7.04. The molecule has 1 atom stereocenters. The molecule has 0 bridgehead atoms. The van der Waals surface area contributed by atoms with Gasteiger partial charge in [0.25, 0.3) is 0 Å². The lowest BCUT2D eigenvalue weighted by Crippen LogP contribution is -2.55. The molecule has 0 amide bonds. The van der Waals surface area contributed by atoms with Gasteiger partial charge in [0.15, 0.2) is 17.5 Å². The lowest BCUT2D eigenvalue weighted by Gasteiger charge is -2.22. The van der Waals surface area contributed by atoms with Crippen LogP contribution in [0.15, 0.2) is 42.2 Å². The summed E-state index contributed by atoms with van der Waals surface area (Å²) in [5.74, 6) is 10.1. The zero-order chi connectivity index (χ0) is 30.0. The summed E-state index contributed by atoms with van der Waals surface area (Å²) >= 11 is 0. The number of nitrogens with zero attached hydrogens (tertiary/aromatic N) is 3. The van der Waals surface area contributed by atoms with E-state index in [1.165, 1.54) is 54.6 Å². The van der Waals surface area contributed by atoms with Crippen LogP contribution in [0.4, 0.5) is 0 Å². The molecule has 2 aliphatic rings. The van der Waals surface area contributed by atoms with E-state index in [9.17, 15) is 0 Å². The van der Waals surface area contributed by atoms with Gasteiger partial charge in [-0.25, -0.2) is 15.0 Å². The average molecular weight is 530 g/mol. The van der Waals surface area contributed by atoms with Gasteiger partial charge >= 0.3 is 0 Å². The summed E-state index contributed by atoms with van der Waals surface area (Å²) in [6.07, 6.45) is 5.78. The van der Waals surface area contributed by atoms with E-state index in [4.69, 9.17) is 19.7 Å². The number of hydrogen-bond acceptors (Lipinski definition) is 4. The van der Waals surface area contributed by atoms with Crippen LogP contribution in [0.3, 0.4) is 0 Å². The second-order valence-corrected chi connectivity index (χ2v) is 11.8. The Labute approximate surface area is 257 Å². The third-order valence-corrected chi connectivity index (χ3v) is 9.86. The van der Waals surface area contributed by atoms with Crippen molar-refractivity contribution in [1.29, 1.82) is 0 Å². The highest BCUT2D eigenvalue weighted by atomic mass is 16.5. The van der Waals surface area contributed by atoms with E-state index in [2.05, 4.69) is 96.4 Å². The monoisotopic (exact) mass is 531 g/mol. The van der Waals surface area contributed by atoms with E-state index < -0.39 is 0 Å². The molecule has 42 heavy (non-hydrogen) atoms. The van der Waals surface area contributed by atoms with E-state index >= 15 is 0 Å². The molecular formula is C28H27B10N3O. The molecule has 14 heteroatoms. The molecule has 1 aromatic heterocycles. The Morgan fingerprint density at radius 3 is 1.60 bits per heavy atom. The minimum Gasteiger partial charge on any atom is -0.460 e. The maximum Gasteiger partial charge on any atom is 0.164 e. The van der Waals surface area contributed by atoms with Crippen molar-refractivity contribution >= 4 is 133 Å². The van der Waals surface area contributed by atoms with Crippen molar-refractivity contribution in [2.75, 3.05) is 0 Å². The molecule has 0 spiro atoms. The molecule has 1 aliphatic carbocycles. The predicted molar refractivity (Wildman–Crippen MR) is 206 cm³/mol. The Balaban J connectivity index is 1.70. The van der Waals surface area contributed by atoms with Crippen LogP contribution < -0.4 is 59.4 Å². The molecule has 0 N–H and O–H groups in total. The van der Waals surface area contributed by atoms with Crippen LogP contribution >= 0.6 is 0 Å². The Hall–Kier alpha value is -3.84. The van der Waals surface area contributed by atoms with E-state index in [0.29, 0.717) is 17.5 Å². The van der Waals surface area contributed by atoms with Gasteiger partial charge in [-0.3, -0.25) is 0 Å². The number of rotatable bonds is 3. The number of allylic oxidation sites excluding steroid dienone is 4. The Morgan fingerprint density at radius 1 is 0.595 bits per heavy atom. The fourth-order valence-corrected chi connectivity index (χ4v) is 6.44. The Bertz CT molecular complexity index is 1850. The molecule has 4 aromatic rings. The molecule has 0 saturated heterocycles. The molecule has 4 nitrogen and oxygen atoms in total. The van der Waals surface area contributed by atoms with Crippen molar-refractivity contribution < 1.29 is 4.74 Å². The van der Waals surface area contributed by atoms with E-state index in [1.807, 2.05) is 30.4 Å². The van der Waals surface area contributed by atoms with Crippen LogP contribution in [0.25, 0.3) is 34.2 Å². The van der Waals surface area contributed by atoms with E-state index in [-0.39, 0.29) is 5.92 Å². The third kappa shape index (κ3) is 4.28. The van der Waals surface area contributed by atoms with Gasteiger partial charge in [-0.1, -0.05) is 51.9 Å². The third-order valence-electron chi connectivity index (χ3n) is 9.86. The highest BCUT2D eigenvalue weighted by Crippen LogP contribution is 2.45. The average Bonchev–Trinajstić information content (AvgIpc) is 3.18. The minimum absolute atomic E-state index is 0.172. The van der Waals surface area contributed by atoms with Gasteiger partial charge in [0, 0.05) is 22.3 Å². The molecule has 6 rings (SSSR count). The van der Waals surface area contributed by atoms with Crippen LogP contribution in [-0.4, -0.2) is 93.4 Å². The standard InChI is InChI=1S/C28H27B10N3O/c29-16-14(17(30)21(34)24(37)20(16)33)27-39-26(40-28(41-27)15-18(31)22(35)25(38)23(36)19(15)32)10-6-4-8-12-13(10)9-5-2-1-3-7-11(9)42-12/h1,3-4,6-9H,29-38H2. The van der Waals surface area contributed by atoms with Gasteiger partial charge in [0.1, 0.15) is 95.9 Å². The maximum atomic E-state index is 6.28. The SMILES string of the molecule is Bc1c(B)c(B)c(-c2nc(-c3cccc4c3C3C#CC=CC=C3O4)nc(-c3c(B)c(B)c(B)c(B)c3B)n2)c(B)c1B. The highest BCUT2D eigenvalue weighted by molar-refractivity contribution is 6.69. The summed E-state index contributed by atoms with van der Waals surface area (Å²) in [5.41, 5.74) is 16.7. The zero-order valence-corrected chi connectivity index (χ0v) is 26.3. The number of hydrogen-bond donors (Lipinski definition) is 0. The number of ether oxygens (including phenoxy) is 1. The molecule has 2 heterocycles. The molecule has 190 valence electrons. The zero-order valence-electron chi connectivity index (χ0n) is 26.3. The summed E-state index contributed by atoms with van der Waals surface area (Å²) in [4.78, 5) is 15.7. The first-order valence-corrected chi connectivity index (χ1v) is 14.6. The van der Waals surface area contributed by atoms with Crippen molar-refractivity contribution in [3.05, 3.63) is 47.7 Å². The fraction of sp³-hybridized carbons (Fsp3) is 0.0357. The molecule has 1 unspecified atom stereocenters. The summed E-state index contributed by atoms with van der Waals surface area (Å²) in [7, 11) is 21.9. The highest BCUT2D eigenvalue weighted by Gasteiger charge is 2.33. The predicted octanol–water partition coefficient (Wildman–Crippen LogP) is -11.6. The largest absolute Gasteiger partial charge is 0.460 e. The lowest BCUT2D eigenvalue weighted by atomic mass is 9.60. The number of aromatic nitrogens is 3. The van der Waals surface area contributed by atoms with Crippen molar-refractivity contribution in [2.45, 2.75) is 5.92 Å². The van der Waals surface area contributed by atoms with Crippen molar-refractivity contribution in [3.63, 3.8) is 0 Å². The molecule has 0 radical (unpaired) electrons. The molecule has 1 aliphatic heterocycles. The summed E-state index contributed by atoms with van der Waals surface area (Å²) in [5, 5.41) is 0. The normalized spacial score (nSPS) is 14.7.